The Hall–Kier alpha value is -3.15. The van der Waals surface area contributed by atoms with E-state index in [4.69, 9.17) is 21.4 Å². The summed E-state index contributed by atoms with van der Waals surface area (Å²) in [5.41, 5.74) is 7.01. The lowest BCUT2D eigenvalue weighted by molar-refractivity contribution is 0.306. The van der Waals surface area contributed by atoms with E-state index in [1.165, 1.54) is 0 Å². The Morgan fingerprint density at radius 3 is 2.28 bits per heavy atom. The molecule has 6 heteroatoms. The fraction of sp³-hybridized carbons (Fsp3) is 0.0769. The number of benzene rings is 3. The van der Waals surface area contributed by atoms with Crippen molar-refractivity contribution in [3.8, 4) is 28.1 Å². The van der Waals surface area contributed by atoms with Crippen LogP contribution in [0.25, 0.3) is 28.0 Å². The van der Waals surface area contributed by atoms with Gasteiger partial charge in [-0.15, -0.1) is 0 Å². The topological polar surface area (TPSA) is 39.4 Å². The van der Waals surface area contributed by atoms with Crippen LogP contribution in [0.3, 0.4) is 0 Å². The summed E-state index contributed by atoms with van der Waals surface area (Å²) in [6, 6.07) is 25.9. The van der Waals surface area contributed by atoms with Gasteiger partial charge >= 0.3 is 0 Å². The number of rotatable bonds is 5. The smallest absolute Gasteiger partial charge is 0.163 e. The molecule has 4 nitrogen and oxygen atoms in total. The summed E-state index contributed by atoms with van der Waals surface area (Å²) < 4.78 is 8.88. The van der Waals surface area contributed by atoms with E-state index in [9.17, 15) is 0 Å². The van der Waals surface area contributed by atoms with Crippen LogP contribution in [-0.4, -0.2) is 14.6 Å². The number of aryl methyl sites for hydroxylation is 1. The Balaban J connectivity index is 1.44. The highest BCUT2D eigenvalue weighted by atomic mass is 79.9. The molecule has 2 heterocycles. The molecule has 0 aliphatic rings. The molecule has 0 aliphatic carbocycles. The molecule has 0 radical (unpaired) electrons. The average Bonchev–Trinajstić information content (AvgIpc) is 3.15. The molecule has 0 unspecified atom stereocenters. The lowest BCUT2D eigenvalue weighted by atomic mass is 10.1. The summed E-state index contributed by atoms with van der Waals surface area (Å²) in [5.74, 6) is 0.807. The predicted molar refractivity (Wildman–Crippen MR) is 132 cm³/mol. The quantitative estimate of drug-likeness (QED) is 0.251. The molecule has 0 saturated heterocycles. The summed E-state index contributed by atoms with van der Waals surface area (Å²) in [4.78, 5) is 4.63. The van der Waals surface area contributed by atoms with Crippen LogP contribution in [0.15, 0.2) is 89.5 Å². The number of fused-ring (bicyclic) bond motifs is 1. The summed E-state index contributed by atoms with van der Waals surface area (Å²) in [7, 11) is 0. The maximum absolute atomic E-state index is 5.94. The van der Waals surface area contributed by atoms with Gasteiger partial charge in [-0.1, -0.05) is 51.8 Å². The number of hydrogen-bond donors (Lipinski definition) is 0. The van der Waals surface area contributed by atoms with E-state index < -0.39 is 0 Å². The number of aromatic nitrogens is 3. The largest absolute Gasteiger partial charge is 0.489 e. The second-order valence-electron chi connectivity index (χ2n) is 7.47. The Bertz CT molecular complexity index is 1380. The van der Waals surface area contributed by atoms with Crippen LogP contribution in [0, 0.1) is 6.92 Å². The van der Waals surface area contributed by atoms with Crippen LogP contribution in [0.1, 0.15) is 11.3 Å². The summed E-state index contributed by atoms with van der Waals surface area (Å²) in [5, 5.41) is 5.52. The highest BCUT2D eigenvalue weighted by Gasteiger charge is 2.15. The second-order valence-corrected chi connectivity index (χ2v) is 8.82. The first kappa shape index (κ1) is 20.7. The van der Waals surface area contributed by atoms with Gasteiger partial charge in [0.15, 0.2) is 5.65 Å². The standard InChI is InChI=1S/C26H19BrClN3O/c1-17-25(20-4-8-21(27)9-5-20)26-29-15-14-24(31(26)30-17)19-6-12-23(13-7-19)32-16-18-2-10-22(28)11-3-18/h2-15H,16H2,1H3. The third-order valence-electron chi connectivity index (χ3n) is 5.30. The van der Waals surface area contributed by atoms with Crippen molar-refractivity contribution in [1.82, 2.24) is 14.6 Å². The van der Waals surface area contributed by atoms with E-state index in [2.05, 4.69) is 33.0 Å². The fourth-order valence-electron chi connectivity index (χ4n) is 3.69. The minimum Gasteiger partial charge on any atom is -0.489 e. The molecule has 0 amide bonds. The summed E-state index contributed by atoms with van der Waals surface area (Å²) >= 11 is 9.44. The lowest BCUT2D eigenvalue weighted by Crippen LogP contribution is -1.97. The molecule has 0 saturated carbocycles. The molecule has 0 spiro atoms. The predicted octanol–water partition coefficient (Wildman–Crippen LogP) is 7.37. The first-order chi connectivity index (χ1) is 15.6. The lowest BCUT2D eigenvalue weighted by Gasteiger charge is -2.09. The van der Waals surface area contributed by atoms with Crippen LogP contribution >= 0.6 is 27.5 Å². The number of halogens is 2. The molecular weight excluding hydrogens is 486 g/mol. The molecule has 2 aromatic heterocycles. The number of nitrogens with zero attached hydrogens (tertiary/aromatic N) is 3. The fourth-order valence-corrected chi connectivity index (χ4v) is 4.08. The van der Waals surface area contributed by atoms with Gasteiger partial charge in [0.1, 0.15) is 12.4 Å². The summed E-state index contributed by atoms with van der Waals surface area (Å²) in [6.07, 6.45) is 1.83. The van der Waals surface area contributed by atoms with Crippen molar-refractivity contribution in [2.45, 2.75) is 13.5 Å². The van der Waals surface area contributed by atoms with Crippen LogP contribution in [0.2, 0.25) is 5.02 Å². The van der Waals surface area contributed by atoms with Crippen molar-refractivity contribution in [2.24, 2.45) is 0 Å². The van der Waals surface area contributed by atoms with Crippen molar-refractivity contribution in [2.75, 3.05) is 0 Å². The highest BCUT2D eigenvalue weighted by Crippen LogP contribution is 2.31. The molecule has 0 N–H and O–H groups in total. The Labute approximate surface area is 199 Å². The van der Waals surface area contributed by atoms with E-state index in [1.54, 1.807) is 0 Å². The normalized spacial score (nSPS) is 11.1. The van der Waals surface area contributed by atoms with Gasteiger partial charge in [0, 0.05) is 26.8 Å². The van der Waals surface area contributed by atoms with E-state index in [1.807, 2.05) is 84.4 Å². The average molecular weight is 505 g/mol. The maximum atomic E-state index is 5.94. The zero-order valence-corrected chi connectivity index (χ0v) is 19.6. The van der Waals surface area contributed by atoms with Gasteiger partial charge in [-0.3, -0.25) is 0 Å². The Morgan fingerprint density at radius 2 is 1.56 bits per heavy atom. The molecule has 32 heavy (non-hydrogen) atoms. The molecule has 3 aromatic carbocycles. The summed E-state index contributed by atoms with van der Waals surface area (Å²) in [6.45, 7) is 2.51. The van der Waals surface area contributed by atoms with Gasteiger partial charge in [0.05, 0.1) is 11.4 Å². The molecule has 5 rings (SSSR count). The van der Waals surface area contributed by atoms with Gasteiger partial charge < -0.3 is 4.74 Å². The van der Waals surface area contributed by atoms with Crippen LogP contribution < -0.4 is 4.74 Å². The molecule has 0 atom stereocenters. The SMILES string of the molecule is Cc1nn2c(-c3ccc(OCc4ccc(Cl)cc4)cc3)ccnc2c1-c1ccc(Br)cc1. The third kappa shape index (κ3) is 4.14. The van der Waals surface area contributed by atoms with Crippen LogP contribution in [0.5, 0.6) is 5.75 Å². The zero-order chi connectivity index (χ0) is 22.1. The molecule has 5 aromatic rings. The van der Waals surface area contributed by atoms with Crippen molar-refractivity contribution in [3.05, 3.63) is 106 Å². The van der Waals surface area contributed by atoms with Crippen LogP contribution in [0.4, 0.5) is 0 Å². The number of ether oxygens (including phenoxy) is 1. The van der Waals surface area contributed by atoms with E-state index in [0.29, 0.717) is 6.61 Å². The van der Waals surface area contributed by atoms with Gasteiger partial charge in [-0.25, -0.2) is 9.50 Å². The third-order valence-corrected chi connectivity index (χ3v) is 6.08. The first-order valence-electron chi connectivity index (χ1n) is 10.2. The van der Waals surface area contributed by atoms with E-state index >= 15 is 0 Å². The molecule has 0 aliphatic heterocycles. The Kier molecular flexibility index (Phi) is 5.68. The van der Waals surface area contributed by atoms with Crippen molar-refractivity contribution >= 4 is 33.2 Å². The van der Waals surface area contributed by atoms with Crippen LogP contribution in [-0.2, 0) is 6.61 Å². The molecular formula is C26H19BrClN3O. The van der Waals surface area contributed by atoms with E-state index in [-0.39, 0.29) is 0 Å². The van der Waals surface area contributed by atoms with E-state index in [0.717, 1.165) is 54.5 Å². The van der Waals surface area contributed by atoms with Gasteiger partial charge in [0.2, 0.25) is 0 Å². The minimum absolute atomic E-state index is 0.491. The highest BCUT2D eigenvalue weighted by molar-refractivity contribution is 9.10. The van der Waals surface area contributed by atoms with Crippen molar-refractivity contribution in [1.29, 1.82) is 0 Å². The molecule has 158 valence electrons. The number of hydrogen-bond acceptors (Lipinski definition) is 3. The first-order valence-corrected chi connectivity index (χ1v) is 11.3. The molecule has 0 fully saturated rings. The molecule has 0 bridgehead atoms. The second kappa shape index (κ2) is 8.77. The monoisotopic (exact) mass is 503 g/mol. The Morgan fingerprint density at radius 1 is 0.875 bits per heavy atom. The zero-order valence-electron chi connectivity index (χ0n) is 17.3. The van der Waals surface area contributed by atoms with Gasteiger partial charge in [-0.2, -0.15) is 5.10 Å². The van der Waals surface area contributed by atoms with Gasteiger partial charge in [0.25, 0.3) is 0 Å². The van der Waals surface area contributed by atoms with Crippen molar-refractivity contribution < 1.29 is 4.74 Å². The minimum atomic E-state index is 0.491. The van der Waals surface area contributed by atoms with Crippen molar-refractivity contribution in [3.63, 3.8) is 0 Å². The maximum Gasteiger partial charge on any atom is 0.163 e. The van der Waals surface area contributed by atoms with Gasteiger partial charge in [-0.05, 0) is 72.6 Å².